The van der Waals surface area contributed by atoms with Gasteiger partial charge in [0.15, 0.2) is 0 Å². The van der Waals surface area contributed by atoms with E-state index in [0.717, 1.165) is 19.3 Å². The Balaban J connectivity index is 1.52. The smallest absolute Gasteiger partial charge is 0.251 e. The molecule has 26 heavy (non-hydrogen) atoms. The third-order valence-electron chi connectivity index (χ3n) is 4.56. The Labute approximate surface area is 153 Å². The summed E-state index contributed by atoms with van der Waals surface area (Å²) in [5, 5.41) is 6.03. The Bertz CT molecular complexity index is 788. The molecule has 0 aliphatic heterocycles. The summed E-state index contributed by atoms with van der Waals surface area (Å²) in [5.74, 6) is 0.180. The van der Waals surface area contributed by atoms with Crippen LogP contribution in [0.15, 0.2) is 54.2 Å². The van der Waals surface area contributed by atoms with E-state index in [1.807, 2.05) is 0 Å². The van der Waals surface area contributed by atoms with Crippen LogP contribution in [0.5, 0.6) is 0 Å². The Kier molecular flexibility index (Phi) is 6.36. The van der Waals surface area contributed by atoms with E-state index < -0.39 is 0 Å². The first-order chi connectivity index (χ1) is 12.7. The molecule has 2 aromatic rings. The van der Waals surface area contributed by atoms with Gasteiger partial charge >= 0.3 is 0 Å². The maximum absolute atomic E-state index is 13.7. The molecule has 0 unspecified atom stereocenters. The highest BCUT2D eigenvalue weighted by atomic mass is 19.1. The number of rotatable bonds is 7. The number of pyridine rings is 1. The van der Waals surface area contributed by atoms with E-state index in [2.05, 4.69) is 21.7 Å². The fourth-order valence-corrected chi connectivity index (χ4v) is 3.07. The average Bonchev–Trinajstić information content (AvgIpc) is 2.68. The van der Waals surface area contributed by atoms with Gasteiger partial charge in [-0.15, -0.1) is 0 Å². The molecule has 1 amide bonds. The van der Waals surface area contributed by atoms with Gasteiger partial charge in [0, 0.05) is 30.4 Å². The predicted molar refractivity (Wildman–Crippen MR) is 101 cm³/mol. The predicted octanol–water partition coefficient (Wildman–Crippen LogP) is 4.45. The Morgan fingerprint density at radius 1 is 1.19 bits per heavy atom. The first-order valence-electron chi connectivity index (χ1n) is 9.12. The summed E-state index contributed by atoms with van der Waals surface area (Å²) in [6.45, 7) is 0.962. The van der Waals surface area contributed by atoms with Crippen LogP contribution in [-0.2, 0) is 6.54 Å². The van der Waals surface area contributed by atoms with E-state index >= 15 is 0 Å². The second-order valence-corrected chi connectivity index (χ2v) is 6.49. The highest BCUT2D eigenvalue weighted by molar-refractivity contribution is 5.94. The molecule has 1 heterocycles. The van der Waals surface area contributed by atoms with Gasteiger partial charge in [-0.3, -0.25) is 4.79 Å². The van der Waals surface area contributed by atoms with Crippen LogP contribution in [0, 0.1) is 5.82 Å². The van der Waals surface area contributed by atoms with Gasteiger partial charge < -0.3 is 10.6 Å². The number of carbonyl (C=O) groups is 1. The van der Waals surface area contributed by atoms with E-state index in [0.29, 0.717) is 30.0 Å². The van der Waals surface area contributed by atoms with Crippen LogP contribution in [0.2, 0.25) is 0 Å². The summed E-state index contributed by atoms with van der Waals surface area (Å²) in [5.41, 5.74) is 2.55. The SMILES string of the molecule is O=C(NCCC1=CCCCC1)c1ccnc(NCc2ccccc2F)c1. The molecule has 4 nitrogen and oxygen atoms in total. The summed E-state index contributed by atoms with van der Waals surface area (Å²) in [7, 11) is 0. The zero-order chi connectivity index (χ0) is 18.2. The zero-order valence-corrected chi connectivity index (χ0v) is 14.8. The summed E-state index contributed by atoms with van der Waals surface area (Å²) in [6.07, 6.45) is 9.63. The van der Waals surface area contributed by atoms with Crippen molar-refractivity contribution in [3.05, 3.63) is 71.2 Å². The number of anilines is 1. The molecule has 0 saturated carbocycles. The fourth-order valence-electron chi connectivity index (χ4n) is 3.07. The van der Waals surface area contributed by atoms with Crippen molar-refractivity contribution in [3.63, 3.8) is 0 Å². The van der Waals surface area contributed by atoms with Crippen molar-refractivity contribution in [3.8, 4) is 0 Å². The molecule has 5 heteroatoms. The normalized spacial score (nSPS) is 13.8. The van der Waals surface area contributed by atoms with Crippen molar-refractivity contribution in [2.75, 3.05) is 11.9 Å². The standard InChI is InChI=1S/C21H24FN3O/c22-19-9-5-4-8-18(19)15-25-20-14-17(11-13-23-20)21(26)24-12-10-16-6-2-1-3-7-16/h4-6,8-9,11,13-14H,1-3,7,10,12,15H2,(H,23,25)(H,24,26). The highest BCUT2D eigenvalue weighted by Gasteiger charge is 2.09. The van der Waals surface area contributed by atoms with Crippen LogP contribution in [0.4, 0.5) is 10.2 Å². The summed E-state index contributed by atoms with van der Waals surface area (Å²) in [6, 6.07) is 9.97. The lowest BCUT2D eigenvalue weighted by atomic mass is 9.97. The van der Waals surface area contributed by atoms with Gasteiger partial charge in [0.2, 0.25) is 0 Å². The molecule has 3 rings (SSSR count). The molecule has 136 valence electrons. The molecule has 0 fully saturated rings. The van der Waals surface area contributed by atoms with Crippen molar-refractivity contribution in [2.24, 2.45) is 0 Å². The van der Waals surface area contributed by atoms with Crippen molar-refractivity contribution in [1.29, 1.82) is 0 Å². The minimum atomic E-state index is -0.258. The number of amides is 1. The molecule has 1 aromatic carbocycles. The molecular weight excluding hydrogens is 329 g/mol. The van der Waals surface area contributed by atoms with Gasteiger partial charge in [-0.25, -0.2) is 9.37 Å². The monoisotopic (exact) mass is 353 g/mol. The largest absolute Gasteiger partial charge is 0.366 e. The Morgan fingerprint density at radius 3 is 2.88 bits per heavy atom. The minimum absolute atomic E-state index is 0.113. The molecular formula is C21H24FN3O. The lowest BCUT2D eigenvalue weighted by Gasteiger charge is -2.13. The average molecular weight is 353 g/mol. The molecule has 1 aliphatic rings. The quantitative estimate of drug-likeness (QED) is 0.723. The van der Waals surface area contributed by atoms with Crippen LogP contribution in [0.25, 0.3) is 0 Å². The third-order valence-corrected chi connectivity index (χ3v) is 4.56. The number of carbonyl (C=O) groups excluding carboxylic acids is 1. The van der Waals surface area contributed by atoms with Crippen LogP contribution in [-0.4, -0.2) is 17.4 Å². The molecule has 0 radical (unpaired) electrons. The van der Waals surface area contributed by atoms with Crippen LogP contribution in [0.3, 0.4) is 0 Å². The van der Waals surface area contributed by atoms with Crippen LogP contribution >= 0.6 is 0 Å². The molecule has 1 aliphatic carbocycles. The summed E-state index contributed by atoms with van der Waals surface area (Å²) < 4.78 is 13.7. The van der Waals surface area contributed by atoms with E-state index in [1.165, 1.54) is 24.5 Å². The Hall–Kier alpha value is -2.69. The summed E-state index contributed by atoms with van der Waals surface area (Å²) in [4.78, 5) is 16.5. The van der Waals surface area contributed by atoms with E-state index in [9.17, 15) is 9.18 Å². The van der Waals surface area contributed by atoms with Crippen molar-refractivity contribution in [1.82, 2.24) is 10.3 Å². The van der Waals surface area contributed by atoms with E-state index in [4.69, 9.17) is 0 Å². The maximum atomic E-state index is 13.7. The molecule has 0 spiro atoms. The molecule has 1 aromatic heterocycles. The number of hydrogen-bond donors (Lipinski definition) is 2. The highest BCUT2D eigenvalue weighted by Crippen LogP contribution is 2.19. The second-order valence-electron chi connectivity index (χ2n) is 6.49. The minimum Gasteiger partial charge on any atom is -0.366 e. The van der Waals surface area contributed by atoms with E-state index in [1.54, 1.807) is 36.5 Å². The molecule has 0 saturated heterocycles. The number of allylic oxidation sites excluding steroid dienone is 1. The number of benzene rings is 1. The second kappa shape index (κ2) is 9.13. The number of nitrogens with zero attached hydrogens (tertiary/aromatic N) is 1. The van der Waals surface area contributed by atoms with Gasteiger partial charge in [0.1, 0.15) is 11.6 Å². The summed E-state index contributed by atoms with van der Waals surface area (Å²) >= 11 is 0. The molecule has 0 atom stereocenters. The molecule has 2 N–H and O–H groups in total. The maximum Gasteiger partial charge on any atom is 0.251 e. The number of halogens is 1. The number of aromatic nitrogens is 1. The lowest BCUT2D eigenvalue weighted by Crippen LogP contribution is -2.25. The third kappa shape index (κ3) is 5.15. The topological polar surface area (TPSA) is 54.0 Å². The van der Waals surface area contributed by atoms with E-state index in [-0.39, 0.29) is 11.7 Å². The van der Waals surface area contributed by atoms with Gasteiger partial charge in [0.05, 0.1) is 0 Å². The Morgan fingerprint density at radius 2 is 2.08 bits per heavy atom. The first-order valence-corrected chi connectivity index (χ1v) is 9.12. The van der Waals surface area contributed by atoms with Crippen LogP contribution in [0.1, 0.15) is 48.0 Å². The lowest BCUT2D eigenvalue weighted by molar-refractivity contribution is 0.0954. The van der Waals surface area contributed by atoms with Crippen molar-refractivity contribution < 1.29 is 9.18 Å². The van der Waals surface area contributed by atoms with Crippen LogP contribution < -0.4 is 10.6 Å². The number of hydrogen-bond acceptors (Lipinski definition) is 3. The van der Waals surface area contributed by atoms with Gasteiger partial charge in [-0.05, 0) is 50.3 Å². The van der Waals surface area contributed by atoms with Crippen molar-refractivity contribution >= 4 is 11.7 Å². The fraction of sp³-hybridized carbons (Fsp3) is 0.333. The molecule has 0 bridgehead atoms. The zero-order valence-electron chi connectivity index (χ0n) is 14.8. The van der Waals surface area contributed by atoms with Gasteiger partial charge in [-0.1, -0.05) is 29.8 Å². The first kappa shape index (κ1) is 18.1. The number of nitrogens with one attached hydrogen (secondary N) is 2. The van der Waals surface area contributed by atoms with Gasteiger partial charge in [0.25, 0.3) is 5.91 Å². The van der Waals surface area contributed by atoms with Crippen molar-refractivity contribution in [2.45, 2.75) is 38.6 Å². The van der Waals surface area contributed by atoms with Gasteiger partial charge in [-0.2, -0.15) is 0 Å².